The highest BCUT2D eigenvalue weighted by Gasteiger charge is 2.14. The molecule has 0 bridgehead atoms. The third-order valence-electron chi connectivity index (χ3n) is 3.72. The van der Waals surface area contributed by atoms with Crippen LogP contribution >= 0.6 is 11.3 Å². The molecule has 0 fully saturated rings. The van der Waals surface area contributed by atoms with E-state index in [4.69, 9.17) is 5.11 Å². The van der Waals surface area contributed by atoms with Crippen LogP contribution in [0.4, 0.5) is 0 Å². The molecule has 1 heterocycles. The zero-order chi connectivity index (χ0) is 16.8. The number of carboxylic acid groups (broad SMARTS) is 1. The van der Waals surface area contributed by atoms with Gasteiger partial charge >= 0.3 is 5.97 Å². The van der Waals surface area contributed by atoms with E-state index >= 15 is 0 Å². The Kier molecular flexibility index (Phi) is 5.87. The largest absolute Gasteiger partial charge is 0.478 e. The lowest BCUT2D eigenvalue weighted by Crippen LogP contribution is -2.30. The Bertz CT molecular complexity index is 679. The van der Waals surface area contributed by atoms with Gasteiger partial charge in [0.15, 0.2) is 0 Å². The first-order valence-corrected chi connectivity index (χ1v) is 8.38. The highest BCUT2D eigenvalue weighted by atomic mass is 32.1. The summed E-state index contributed by atoms with van der Waals surface area (Å²) in [6.45, 7) is 5.03. The van der Waals surface area contributed by atoms with Crippen molar-refractivity contribution in [3.05, 3.63) is 51.5 Å². The molecule has 0 unspecified atom stereocenters. The van der Waals surface area contributed by atoms with Crippen molar-refractivity contribution in [3.63, 3.8) is 0 Å². The molecular formula is C17H20N2O3S. The number of carbonyl (C=O) groups excluding carboxylic acids is 1. The quantitative estimate of drug-likeness (QED) is 0.845. The standard InChI is InChI=1S/C17H20N2O3S/c1-3-19(10-13-4-6-14(7-5-13)17(21)22)16(20)9-8-15-12(2)18-11-23-15/h4-7,11H,3,8-10H2,1-2H3,(H,21,22). The van der Waals surface area contributed by atoms with Crippen LogP contribution in [0.25, 0.3) is 0 Å². The van der Waals surface area contributed by atoms with E-state index in [0.29, 0.717) is 25.9 Å². The van der Waals surface area contributed by atoms with Crippen LogP contribution in [0.2, 0.25) is 0 Å². The summed E-state index contributed by atoms with van der Waals surface area (Å²) in [7, 11) is 0. The molecule has 5 nitrogen and oxygen atoms in total. The third kappa shape index (κ3) is 4.63. The van der Waals surface area contributed by atoms with Gasteiger partial charge in [-0.2, -0.15) is 0 Å². The van der Waals surface area contributed by atoms with Gasteiger partial charge in [0.25, 0.3) is 0 Å². The summed E-state index contributed by atoms with van der Waals surface area (Å²) in [5.41, 5.74) is 3.98. The number of carboxylic acids is 1. The molecule has 1 aromatic heterocycles. The lowest BCUT2D eigenvalue weighted by molar-refractivity contribution is -0.131. The number of thiazole rings is 1. The molecule has 0 saturated carbocycles. The van der Waals surface area contributed by atoms with Gasteiger partial charge in [-0.15, -0.1) is 11.3 Å². The minimum absolute atomic E-state index is 0.0996. The molecule has 0 aliphatic rings. The zero-order valence-electron chi connectivity index (χ0n) is 13.3. The topological polar surface area (TPSA) is 70.5 Å². The summed E-state index contributed by atoms with van der Waals surface area (Å²) in [5.74, 6) is -0.845. The van der Waals surface area contributed by atoms with Crippen molar-refractivity contribution >= 4 is 23.2 Å². The molecule has 0 atom stereocenters. The van der Waals surface area contributed by atoms with Crippen molar-refractivity contribution in [3.8, 4) is 0 Å². The Morgan fingerprint density at radius 3 is 2.48 bits per heavy atom. The molecule has 6 heteroatoms. The number of amides is 1. The highest BCUT2D eigenvalue weighted by molar-refractivity contribution is 7.09. The third-order valence-corrected chi connectivity index (χ3v) is 4.71. The molecule has 1 N–H and O–H groups in total. The Balaban J connectivity index is 1.94. The zero-order valence-corrected chi connectivity index (χ0v) is 14.1. The first-order valence-electron chi connectivity index (χ1n) is 7.50. The number of hydrogen-bond acceptors (Lipinski definition) is 4. The molecule has 0 saturated heterocycles. The van der Waals surface area contributed by atoms with Gasteiger partial charge in [0.05, 0.1) is 16.8 Å². The van der Waals surface area contributed by atoms with E-state index in [2.05, 4.69) is 4.98 Å². The molecule has 2 aromatic rings. The molecule has 23 heavy (non-hydrogen) atoms. The summed E-state index contributed by atoms with van der Waals surface area (Å²) in [6.07, 6.45) is 1.17. The second-order valence-electron chi connectivity index (χ2n) is 5.27. The summed E-state index contributed by atoms with van der Waals surface area (Å²) < 4.78 is 0. The maximum Gasteiger partial charge on any atom is 0.335 e. The Morgan fingerprint density at radius 1 is 1.26 bits per heavy atom. The van der Waals surface area contributed by atoms with Gasteiger partial charge in [0.1, 0.15) is 0 Å². The lowest BCUT2D eigenvalue weighted by atomic mass is 10.1. The number of aromatic nitrogens is 1. The number of aromatic carboxylic acids is 1. The number of nitrogens with zero attached hydrogens (tertiary/aromatic N) is 2. The molecule has 2 rings (SSSR count). The van der Waals surface area contributed by atoms with Crippen LogP contribution in [0.5, 0.6) is 0 Å². The van der Waals surface area contributed by atoms with Crippen molar-refractivity contribution in [2.45, 2.75) is 33.2 Å². The van der Waals surface area contributed by atoms with E-state index in [9.17, 15) is 9.59 Å². The van der Waals surface area contributed by atoms with Crippen molar-refractivity contribution in [2.24, 2.45) is 0 Å². The monoisotopic (exact) mass is 332 g/mol. The summed E-state index contributed by atoms with van der Waals surface area (Å²) in [5, 5.41) is 8.91. The average molecular weight is 332 g/mol. The minimum atomic E-state index is -0.945. The number of aryl methyl sites for hydroxylation is 2. The maximum atomic E-state index is 12.4. The van der Waals surface area contributed by atoms with E-state index in [1.165, 1.54) is 0 Å². The normalized spacial score (nSPS) is 10.5. The van der Waals surface area contributed by atoms with Crippen LogP contribution in [0, 0.1) is 6.92 Å². The predicted molar refractivity (Wildman–Crippen MR) is 89.7 cm³/mol. The van der Waals surface area contributed by atoms with Crippen molar-refractivity contribution in [1.82, 2.24) is 9.88 Å². The summed E-state index contributed by atoms with van der Waals surface area (Å²) in [4.78, 5) is 30.4. The van der Waals surface area contributed by atoms with E-state index < -0.39 is 5.97 Å². The fraction of sp³-hybridized carbons (Fsp3) is 0.353. The first-order chi connectivity index (χ1) is 11.0. The number of benzene rings is 1. The van der Waals surface area contributed by atoms with E-state index in [1.54, 1.807) is 46.0 Å². The van der Waals surface area contributed by atoms with Gasteiger partial charge in [0, 0.05) is 24.4 Å². The Labute approximate surface area is 139 Å². The van der Waals surface area contributed by atoms with Gasteiger partial charge in [-0.05, 0) is 38.0 Å². The van der Waals surface area contributed by atoms with E-state index in [1.807, 2.05) is 13.8 Å². The molecule has 0 aliphatic carbocycles. The molecular weight excluding hydrogens is 312 g/mol. The van der Waals surface area contributed by atoms with Crippen LogP contribution in [0.1, 0.15) is 39.8 Å². The number of rotatable bonds is 7. The van der Waals surface area contributed by atoms with Gasteiger partial charge in [-0.25, -0.2) is 9.78 Å². The molecule has 122 valence electrons. The van der Waals surface area contributed by atoms with Gasteiger partial charge in [0.2, 0.25) is 5.91 Å². The van der Waals surface area contributed by atoms with Crippen LogP contribution in [-0.4, -0.2) is 33.4 Å². The SMILES string of the molecule is CCN(Cc1ccc(C(=O)O)cc1)C(=O)CCc1scnc1C. The van der Waals surface area contributed by atoms with Crippen LogP contribution in [0.3, 0.4) is 0 Å². The lowest BCUT2D eigenvalue weighted by Gasteiger charge is -2.21. The maximum absolute atomic E-state index is 12.4. The van der Waals surface area contributed by atoms with E-state index in [0.717, 1.165) is 16.1 Å². The minimum Gasteiger partial charge on any atom is -0.478 e. The van der Waals surface area contributed by atoms with Crippen LogP contribution in [-0.2, 0) is 17.8 Å². The predicted octanol–water partition coefficient (Wildman–Crippen LogP) is 3.13. The Morgan fingerprint density at radius 2 is 1.96 bits per heavy atom. The molecule has 0 spiro atoms. The fourth-order valence-corrected chi connectivity index (χ4v) is 3.08. The second kappa shape index (κ2) is 7.87. The number of carbonyl (C=O) groups is 2. The van der Waals surface area contributed by atoms with Crippen molar-refractivity contribution < 1.29 is 14.7 Å². The molecule has 0 aliphatic heterocycles. The fourth-order valence-electron chi connectivity index (χ4n) is 2.29. The van der Waals surface area contributed by atoms with Crippen LogP contribution < -0.4 is 0 Å². The molecule has 1 aromatic carbocycles. The summed E-state index contributed by atoms with van der Waals surface area (Å²) >= 11 is 1.58. The first kappa shape index (κ1) is 17.1. The Hall–Kier alpha value is -2.21. The van der Waals surface area contributed by atoms with Crippen molar-refractivity contribution in [1.29, 1.82) is 0 Å². The van der Waals surface area contributed by atoms with Crippen molar-refractivity contribution in [2.75, 3.05) is 6.54 Å². The molecule has 0 radical (unpaired) electrons. The van der Waals surface area contributed by atoms with Gasteiger partial charge < -0.3 is 10.0 Å². The van der Waals surface area contributed by atoms with Crippen LogP contribution in [0.15, 0.2) is 29.8 Å². The molecule has 1 amide bonds. The highest BCUT2D eigenvalue weighted by Crippen LogP contribution is 2.16. The van der Waals surface area contributed by atoms with Gasteiger partial charge in [-0.3, -0.25) is 4.79 Å². The second-order valence-corrected chi connectivity index (χ2v) is 6.21. The smallest absolute Gasteiger partial charge is 0.335 e. The van der Waals surface area contributed by atoms with Gasteiger partial charge in [-0.1, -0.05) is 12.1 Å². The summed E-state index contributed by atoms with van der Waals surface area (Å²) in [6, 6.07) is 6.65. The average Bonchev–Trinajstić information content (AvgIpc) is 2.95. The van der Waals surface area contributed by atoms with E-state index in [-0.39, 0.29) is 11.5 Å². The number of hydrogen-bond donors (Lipinski definition) is 1.